The second kappa shape index (κ2) is 9.17. The Bertz CT molecular complexity index is 911. The number of Topliss-reactive ketones (excluding diaryl/α,β-unsaturated/α-hetero) is 1. The van der Waals surface area contributed by atoms with Crippen molar-refractivity contribution in [2.24, 2.45) is 0 Å². The van der Waals surface area contributed by atoms with Crippen molar-refractivity contribution in [3.05, 3.63) is 71.1 Å². The molecule has 0 aliphatic heterocycles. The van der Waals surface area contributed by atoms with Gasteiger partial charge in [0.05, 0.1) is 0 Å². The van der Waals surface area contributed by atoms with Gasteiger partial charge in [0.1, 0.15) is 6.04 Å². The topological polar surface area (TPSA) is 77.4 Å². The summed E-state index contributed by atoms with van der Waals surface area (Å²) in [5.41, 5.74) is 3.67. The lowest BCUT2D eigenvalue weighted by Crippen LogP contribution is -2.40. The minimum atomic E-state index is -0.867. The van der Waals surface area contributed by atoms with Crippen molar-refractivity contribution in [1.29, 1.82) is 0 Å². The average Bonchev–Trinajstić information content (AvgIpc) is 2.94. The van der Waals surface area contributed by atoms with Gasteiger partial charge < -0.3 is 14.6 Å². The van der Waals surface area contributed by atoms with Gasteiger partial charge in [-0.3, -0.25) is 9.59 Å². The smallest absolute Gasteiger partial charge is 0.328 e. The van der Waals surface area contributed by atoms with Crippen LogP contribution < -0.4 is 5.32 Å². The molecule has 0 fully saturated rings. The molecule has 6 nitrogen and oxygen atoms in total. The van der Waals surface area contributed by atoms with Crippen LogP contribution in [0.2, 0.25) is 0 Å². The van der Waals surface area contributed by atoms with Crippen LogP contribution in [-0.4, -0.2) is 34.9 Å². The second-order valence-corrected chi connectivity index (χ2v) is 6.78. The highest BCUT2D eigenvalue weighted by Gasteiger charge is 2.21. The Morgan fingerprint density at radius 2 is 1.93 bits per heavy atom. The Morgan fingerprint density at radius 1 is 1.21 bits per heavy atom. The molecule has 0 aliphatic carbocycles. The van der Waals surface area contributed by atoms with Gasteiger partial charge in [0, 0.05) is 29.1 Å². The fourth-order valence-corrected chi connectivity index (χ4v) is 2.96. The Morgan fingerprint density at radius 3 is 2.57 bits per heavy atom. The van der Waals surface area contributed by atoms with Crippen molar-refractivity contribution < 1.29 is 19.1 Å². The number of esters is 1. The first kappa shape index (κ1) is 21.2. The van der Waals surface area contributed by atoms with Crippen molar-refractivity contribution in [2.45, 2.75) is 40.3 Å². The molecule has 1 amide bonds. The van der Waals surface area contributed by atoms with Gasteiger partial charge in [-0.1, -0.05) is 23.8 Å². The normalized spacial score (nSPS) is 11.6. The van der Waals surface area contributed by atoms with Gasteiger partial charge in [-0.25, -0.2) is 4.79 Å². The standard InChI is InChI=1S/C22H26N2O4/c1-6-10-24-15(3)12-19(17(24)5)20(25)13-28-22(27)16(4)23-21(26)18-9-7-8-14(2)11-18/h6-9,11-12,16H,1,10,13H2,2-5H3,(H,23,26)/t16-/m0/s1. The van der Waals surface area contributed by atoms with Gasteiger partial charge in [-0.2, -0.15) is 0 Å². The molecule has 2 aromatic rings. The zero-order chi connectivity index (χ0) is 20.8. The molecule has 1 heterocycles. The van der Waals surface area contributed by atoms with Crippen LogP contribution >= 0.6 is 0 Å². The van der Waals surface area contributed by atoms with Crippen molar-refractivity contribution in [2.75, 3.05) is 6.61 Å². The zero-order valence-corrected chi connectivity index (χ0v) is 16.7. The van der Waals surface area contributed by atoms with Crippen LogP contribution in [0, 0.1) is 20.8 Å². The lowest BCUT2D eigenvalue weighted by molar-refractivity contribution is -0.144. The minimum Gasteiger partial charge on any atom is -0.456 e. The number of carbonyl (C=O) groups excluding carboxylic acids is 3. The second-order valence-electron chi connectivity index (χ2n) is 6.78. The SMILES string of the molecule is C=CCn1c(C)cc(C(=O)COC(=O)[C@H](C)NC(=O)c2cccc(C)c2)c1C. The number of hydrogen-bond acceptors (Lipinski definition) is 4. The average molecular weight is 382 g/mol. The van der Waals surface area contributed by atoms with Crippen molar-refractivity contribution in [3.63, 3.8) is 0 Å². The summed E-state index contributed by atoms with van der Waals surface area (Å²) in [5.74, 6) is -1.31. The maximum absolute atomic E-state index is 12.4. The number of aryl methyl sites for hydroxylation is 2. The number of amides is 1. The number of aromatic nitrogens is 1. The van der Waals surface area contributed by atoms with Crippen molar-refractivity contribution >= 4 is 17.7 Å². The number of nitrogens with one attached hydrogen (secondary N) is 1. The van der Waals surface area contributed by atoms with Crippen molar-refractivity contribution in [3.8, 4) is 0 Å². The molecule has 0 saturated heterocycles. The van der Waals surface area contributed by atoms with E-state index in [2.05, 4.69) is 11.9 Å². The first-order valence-corrected chi connectivity index (χ1v) is 9.09. The molecule has 1 atom stereocenters. The van der Waals surface area contributed by atoms with Crippen LogP contribution in [0.4, 0.5) is 0 Å². The summed E-state index contributed by atoms with van der Waals surface area (Å²) in [6.07, 6.45) is 1.76. The number of ether oxygens (including phenoxy) is 1. The van der Waals surface area contributed by atoms with Gasteiger partial charge in [-0.05, 0) is 45.9 Å². The van der Waals surface area contributed by atoms with Gasteiger partial charge in [0.15, 0.2) is 6.61 Å². The summed E-state index contributed by atoms with van der Waals surface area (Å²) < 4.78 is 7.08. The van der Waals surface area contributed by atoms with E-state index >= 15 is 0 Å². The minimum absolute atomic E-state index is 0.283. The predicted octanol–water partition coefficient (Wildman–Crippen LogP) is 3.14. The quantitative estimate of drug-likeness (QED) is 0.432. The van der Waals surface area contributed by atoms with Crippen LogP contribution in [0.1, 0.15) is 44.6 Å². The summed E-state index contributed by atoms with van der Waals surface area (Å²) in [7, 11) is 0. The van der Waals surface area contributed by atoms with E-state index in [-0.39, 0.29) is 18.3 Å². The number of carbonyl (C=O) groups is 3. The molecule has 6 heteroatoms. The summed E-state index contributed by atoms with van der Waals surface area (Å²) in [4.78, 5) is 36.8. The van der Waals surface area contributed by atoms with E-state index in [0.717, 1.165) is 17.0 Å². The molecule has 1 N–H and O–H groups in total. The first-order valence-electron chi connectivity index (χ1n) is 9.09. The van der Waals surface area contributed by atoms with Crippen molar-refractivity contribution in [1.82, 2.24) is 9.88 Å². The summed E-state index contributed by atoms with van der Waals surface area (Å²) in [5, 5.41) is 2.59. The van der Waals surface area contributed by atoms with Crippen LogP contribution in [0.5, 0.6) is 0 Å². The highest BCUT2D eigenvalue weighted by Crippen LogP contribution is 2.16. The molecule has 148 valence electrons. The zero-order valence-electron chi connectivity index (χ0n) is 16.7. The summed E-state index contributed by atoms with van der Waals surface area (Å²) in [6, 6.07) is 7.96. The monoisotopic (exact) mass is 382 g/mol. The first-order chi connectivity index (χ1) is 13.2. The van der Waals surface area contributed by atoms with E-state index in [1.54, 1.807) is 30.3 Å². The number of rotatable bonds is 8. The molecular weight excluding hydrogens is 356 g/mol. The lowest BCUT2D eigenvalue weighted by Gasteiger charge is -2.13. The summed E-state index contributed by atoms with van der Waals surface area (Å²) in [6.45, 7) is 11.1. The number of ketones is 1. The molecule has 2 rings (SSSR count). The maximum Gasteiger partial charge on any atom is 0.328 e. The molecule has 28 heavy (non-hydrogen) atoms. The van der Waals surface area contributed by atoms with Gasteiger partial charge >= 0.3 is 5.97 Å². The number of nitrogens with zero attached hydrogens (tertiary/aromatic N) is 1. The Hall–Kier alpha value is -3.15. The molecule has 0 radical (unpaired) electrons. The molecule has 1 aromatic carbocycles. The molecular formula is C22H26N2O4. The highest BCUT2D eigenvalue weighted by atomic mass is 16.5. The van der Waals surface area contributed by atoms with Crippen LogP contribution in [0.3, 0.4) is 0 Å². The molecule has 0 spiro atoms. The van der Waals surface area contributed by atoms with E-state index in [4.69, 9.17) is 4.74 Å². The van der Waals surface area contributed by atoms with Gasteiger partial charge in [-0.15, -0.1) is 6.58 Å². The van der Waals surface area contributed by atoms with E-state index in [1.165, 1.54) is 6.92 Å². The van der Waals surface area contributed by atoms with E-state index in [0.29, 0.717) is 17.7 Å². The highest BCUT2D eigenvalue weighted by molar-refractivity contribution is 6.00. The van der Waals surface area contributed by atoms with Crippen LogP contribution in [0.25, 0.3) is 0 Å². The third kappa shape index (κ3) is 4.97. The fourth-order valence-electron chi connectivity index (χ4n) is 2.96. The number of benzene rings is 1. The maximum atomic E-state index is 12.4. The predicted molar refractivity (Wildman–Crippen MR) is 107 cm³/mol. The number of hydrogen-bond donors (Lipinski definition) is 1. The van der Waals surface area contributed by atoms with Crippen LogP contribution in [-0.2, 0) is 16.1 Å². The Kier molecular flexibility index (Phi) is 6.93. The third-order valence-electron chi connectivity index (χ3n) is 4.51. The summed E-state index contributed by atoms with van der Waals surface area (Å²) >= 11 is 0. The lowest BCUT2D eigenvalue weighted by atomic mass is 10.1. The largest absolute Gasteiger partial charge is 0.456 e. The van der Waals surface area contributed by atoms with E-state index < -0.39 is 12.0 Å². The number of allylic oxidation sites excluding steroid dienone is 1. The van der Waals surface area contributed by atoms with Gasteiger partial charge in [0.2, 0.25) is 5.78 Å². The van der Waals surface area contributed by atoms with Gasteiger partial charge in [0.25, 0.3) is 5.91 Å². The third-order valence-corrected chi connectivity index (χ3v) is 4.51. The molecule has 0 aliphatic rings. The Labute approximate surface area is 165 Å². The molecule has 0 saturated carbocycles. The fraction of sp³-hybridized carbons (Fsp3) is 0.318. The van der Waals surface area contributed by atoms with E-state index in [9.17, 15) is 14.4 Å². The molecule has 0 unspecified atom stereocenters. The van der Waals surface area contributed by atoms with E-state index in [1.807, 2.05) is 31.4 Å². The van der Waals surface area contributed by atoms with Crippen LogP contribution in [0.15, 0.2) is 43.0 Å². The molecule has 0 bridgehead atoms. The Balaban J connectivity index is 1.94. The molecule has 1 aromatic heterocycles.